The Morgan fingerprint density at radius 1 is 1.39 bits per heavy atom. The van der Waals surface area contributed by atoms with Crippen LogP contribution in [-0.4, -0.2) is 29.0 Å². The fourth-order valence-electron chi connectivity index (χ4n) is 1.84. The lowest BCUT2D eigenvalue weighted by Crippen LogP contribution is -2.49. The highest BCUT2D eigenvalue weighted by Crippen LogP contribution is 2.28. The van der Waals surface area contributed by atoms with Crippen LogP contribution in [0, 0.1) is 0 Å². The van der Waals surface area contributed by atoms with Crippen LogP contribution in [0.1, 0.15) is 27.2 Å². The van der Waals surface area contributed by atoms with Gasteiger partial charge in [-0.25, -0.2) is 0 Å². The van der Waals surface area contributed by atoms with Crippen LogP contribution in [0.5, 0.6) is 0 Å². The van der Waals surface area contributed by atoms with Gasteiger partial charge in [-0.05, 0) is 31.2 Å². The minimum absolute atomic E-state index is 0.147. The molecule has 0 aliphatic rings. The summed E-state index contributed by atoms with van der Waals surface area (Å²) in [5.74, 6) is 0.931. The number of nitrogens with one attached hydrogen (secondary N) is 1. The summed E-state index contributed by atoms with van der Waals surface area (Å²) < 4.78 is 0. The van der Waals surface area contributed by atoms with Gasteiger partial charge in [0.25, 0.3) is 0 Å². The lowest BCUT2D eigenvalue weighted by atomic mass is 9.99. The Labute approximate surface area is 119 Å². The number of thioether (sulfide) groups is 1. The molecule has 4 heteroatoms. The number of halogens is 1. The van der Waals surface area contributed by atoms with E-state index in [0.29, 0.717) is 6.04 Å². The first-order chi connectivity index (χ1) is 8.47. The van der Waals surface area contributed by atoms with E-state index in [4.69, 9.17) is 11.6 Å². The Bertz CT molecular complexity index is 373. The van der Waals surface area contributed by atoms with E-state index < -0.39 is 0 Å². The van der Waals surface area contributed by atoms with Gasteiger partial charge in [-0.2, -0.15) is 0 Å². The van der Waals surface area contributed by atoms with Crippen LogP contribution >= 0.6 is 23.4 Å². The van der Waals surface area contributed by atoms with Gasteiger partial charge in [0.05, 0.1) is 11.6 Å². The second kappa shape index (κ2) is 7.39. The van der Waals surface area contributed by atoms with Crippen molar-refractivity contribution < 1.29 is 5.11 Å². The lowest BCUT2D eigenvalue weighted by molar-refractivity contribution is 0.162. The molecule has 1 unspecified atom stereocenters. The highest BCUT2D eigenvalue weighted by Gasteiger charge is 2.23. The van der Waals surface area contributed by atoms with E-state index in [1.165, 1.54) is 0 Å². The second-order valence-corrected chi connectivity index (χ2v) is 6.59. The summed E-state index contributed by atoms with van der Waals surface area (Å²) in [4.78, 5) is 1.10. The number of benzene rings is 1. The van der Waals surface area contributed by atoms with E-state index in [1.807, 2.05) is 24.3 Å². The monoisotopic (exact) mass is 287 g/mol. The molecule has 2 nitrogen and oxygen atoms in total. The molecule has 0 aliphatic heterocycles. The van der Waals surface area contributed by atoms with Gasteiger partial charge in [0.1, 0.15) is 0 Å². The molecular formula is C14H22ClNOS. The zero-order valence-electron chi connectivity index (χ0n) is 11.2. The molecule has 102 valence electrons. The third-order valence-electron chi connectivity index (χ3n) is 2.73. The van der Waals surface area contributed by atoms with Crippen LogP contribution in [0.4, 0.5) is 0 Å². The number of rotatable bonds is 7. The van der Waals surface area contributed by atoms with Crippen molar-refractivity contribution in [2.24, 2.45) is 0 Å². The van der Waals surface area contributed by atoms with E-state index in [2.05, 4.69) is 26.1 Å². The quantitative estimate of drug-likeness (QED) is 0.752. The van der Waals surface area contributed by atoms with Crippen LogP contribution in [0.25, 0.3) is 0 Å². The molecule has 0 fully saturated rings. The van der Waals surface area contributed by atoms with Gasteiger partial charge >= 0.3 is 0 Å². The fraction of sp³-hybridized carbons (Fsp3) is 0.571. The molecule has 1 rings (SSSR count). The molecule has 0 spiro atoms. The van der Waals surface area contributed by atoms with E-state index in [0.717, 1.165) is 22.1 Å². The summed E-state index contributed by atoms with van der Waals surface area (Å²) in [6.07, 6.45) is 0.900. The summed E-state index contributed by atoms with van der Waals surface area (Å²) in [6.45, 7) is 6.39. The lowest BCUT2D eigenvalue weighted by Gasteiger charge is -2.31. The largest absolute Gasteiger partial charge is 0.394 e. The molecule has 0 saturated heterocycles. The Morgan fingerprint density at radius 2 is 2.06 bits per heavy atom. The highest BCUT2D eigenvalue weighted by atomic mass is 35.5. The average Bonchev–Trinajstić information content (AvgIpc) is 2.31. The van der Waals surface area contributed by atoms with Crippen molar-refractivity contribution in [3.05, 3.63) is 29.3 Å². The average molecular weight is 288 g/mol. The zero-order chi connectivity index (χ0) is 13.6. The van der Waals surface area contributed by atoms with Crippen LogP contribution < -0.4 is 5.32 Å². The van der Waals surface area contributed by atoms with Crippen LogP contribution in [0.15, 0.2) is 29.2 Å². The molecule has 0 heterocycles. The zero-order valence-corrected chi connectivity index (χ0v) is 12.8. The van der Waals surface area contributed by atoms with Crippen molar-refractivity contribution in [1.82, 2.24) is 5.32 Å². The van der Waals surface area contributed by atoms with Crippen molar-refractivity contribution in [1.29, 1.82) is 0 Å². The predicted octanol–water partition coefficient (Wildman–Crippen LogP) is 3.57. The first-order valence-electron chi connectivity index (χ1n) is 6.23. The fourth-order valence-corrected chi connectivity index (χ4v) is 3.29. The van der Waals surface area contributed by atoms with E-state index in [1.54, 1.807) is 11.8 Å². The number of hydrogen-bond donors (Lipinski definition) is 2. The maximum Gasteiger partial charge on any atom is 0.0610 e. The number of aliphatic hydroxyl groups is 1. The third-order valence-corrected chi connectivity index (χ3v) is 4.25. The normalized spacial score (nSPS) is 14.8. The van der Waals surface area contributed by atoms with Crippen molar-refractivity contribution in [2.45, 2.75) is 43.7 Å². The molecular weight excluding hydrogens is 266 g/mol. The second-order valence-electron chi connectivity index (χ2n) is 5.05. The molecule has 0 saturated carbocycles. The summed E-state index contributed by atoms with van der Waals surface area (Å²) in [5.41, 5.74) is -0.220. The van der Waals surface area contributed by atoms with Crippen LogP contribution in [-0.2, 0) is 0 Å². The SMILES string of the molecule is CC(C)NC(C)(CO)CCSc1ccccc1Cl. The Kier molecular flexibility index (Phi) is 6.50. The molecule has 0 radical (unpaired) electrons. The molecule has 2 N–H and O–H groups in total. The smallest absolute Gasteiger partial charge is 0.0610 e. The summed E-state index contributed by atoms with van der Waals surface area (Å²) >= 11 is 7.84. The molecule has 1 aromatic rings. The van der Waals surface area contributed by atoms with Crippen LogP contribution in [0.2, 0.25) is 5.02 Å². The van der Waals surface area contributed by atoms with Gasteiger partial charge in [0.2, 0.25) is 0 Å². The molecule has 0 aliphatic carbocycles. The Hall–Kier alpha value is -0.220. The minimum atomic E-state index is -0.220. The first kappa shape index (κ1) is 15.8. The first-order valence-corrected chi connectivity index (χ1v) is 7.59. The third kappa shape index (κ3) is 5.19. The molecule has 0 aromatic heterocycles. The Balaban J connectivity index is 2.47. The number of aliphatic hydroxyl groups excluding tert-OH is 1. The highest BCUT2D eigenvalue weighted by molar-refractivity contribution is 7.99. The van der Waals surface area contributed by atoms with Gasteiger partial charge in [-0.15, -0.1) is 11.8 Å². The standard InChI is InChI=1S/C14H22ClNOS/c1-11(2)16-14(3,10-17)8-9-18-13-7-5-4-6-12(13)15/h4-7,11,16-17H,8-10H2,1-3H3. The Morgan fingerprint density at radius 3 is 2.61 bits per heavy atom. The predicted molar refractivity (Wildman–Crippen MR) is 80.6 cm³/mol. The minimum Gasteiger partial charge on any atom is -0.394 e. The van der Waals surface area contributed by atoms with Crippen molar-refractivity contribution >= 4 is 23.4 Å². The summed E-state index contributed by atoms with van der Waals surface area (Å²) in [5, 5.41) is 13.7. The maximum atomic E-state index is 9.49. The maximum absolute atomic E-state index is 9.49. The van der Waals surface area contributed by atoms with E-state index in [-0.39, 0.29) is 12.1 Å². The van der Waals surface area contributed by atoms with Gasteiger partial charge in [-0.3, -0.25) is 0 Å². The molecule has 0 amide bonds. The van der Waals surface area contributed by atoms with Gasteiger partial charge in [-0.1, -0.05) is 37.6 Å². The van der Waals surface area contributed by atoms with Crippen LogP contribution in [0.3, 0.4) is 0 Å². The topological polar surface area (TPSA) is 32.3 Å². The van der Waals surface area contributed by atoms with Crippen molar-refractivity contribution in [3.8, 4) is 0 Å². The molecule has 1 aromatic carbocycles. The molecule has 0 bridgehead atoms. The van der Waals surface area contributed by atoms with Gasteiger partial charge < -0.3 is 10.4 Å². The number of hydrogen-bond acceptors (Lipinski definition) is 3. The van der Waals surface area contributed by atoms with E-state index in [9.17, 15) is 5.11 Å². The summed E-state index contributed by atoms with van der Waals surface area (Å²) in [7, 11) is 0. The molecule has 1 atom stereocenters. The van der Waals surface area contributed by atoms with E-state index >= 15 is 0 Å². The molecule has 18 heavy (non-hydrogen) atoms. The van der Waals surface area contributed by atoms with Gasteiger partial charge in [0.15, 0.2) is 0 Å². The van der Waals surface area contributed by atoms with Crippen molar-refractivity contribution in [3.63, 3.8) is 0 Å². The van der Waals surface area contributed by atoms with Gasteiger partial charge in [0, 0.05) is 16.5 Å². The van der Waals surface area contributed by atoms with Crippen molar-refractivity contribution in [2.75, 3.05) is 12.4 Å². The summed E-state index contributed by atoms with van der Waals surface area (Å²) in [6, 6.07) is 8.23.